The molecule has 1 saturated heterocycles. The molecule has 1 fully saturated rings. The van der Waals surface area contributed by atoms with Crippen LogP contribution in [0.3, 0.4) is 0 Å². The molecule has 5 heteroatoms. The molecule has 19 heavy (non-hydrogen) atoms. The van der Waals surface area contributed by atoms with Gasteiger partial charge in [0.2, 0.25) is 0 Å². The van der Waals surface area contributed by atoms with Crippen molar-refractivity contribution < 1.29 is 14.7 Å². The third kappa shape index (κ3) is 4.11. The van der Waals surface area contributed by atoms with E-state index in [0.717, 1.165) is 19.3 Å². The fraction of sp³-hybridized carbons (Fsp3) is 0.857. The maximum Gasteiger partial charge on any atom is 0.326 e. The van der Waals surface area contributed by atoms with Crippen LogP contribution in [-0.2, 0) is 4.79 Å². The maximum absolute atomic E-state index is 12.5. The predicted molar refractivity (Wildman–Crippen MR) is 74.1 cm³/mol. The van der Waals surface area contributed by atoms with E-state index < -0.39 is 12.0 Å². The summed E-state index contributed by atoms with van der Waals surface area (Å²) in [6.07, 6.45) is 3.38. The van der Waals surface area contributed by atoms with Gasteiger partial charge >= 0.3 is 12.0 Å². The number of hydrogen-bond donors (Lipinski definition) is 1. The predicted octanol–water partition coefficient (Wildman–Crippen LogP) is 2.41. The minimum Gasteiger partial charge on any atom is -0.480 e. The van der Waals surface area contributed by atoms with E-state index in [4.69, 9.17) is 0 Å². The molecule has 1 aliphatic heterocycles. The summed E-state index contributed by atoms with van der Waals surface area (Å²) in [5.74, 6) is -0.440. The molecule has 5 nitrogen and oxygen atoms in total. The Kier molecular flexibility index (Phi) is 6.12. The van der Waals surface area contributed by atoms with Gasteiger partial charge in [0.25, 0.3) is 0 Å². The van der Waals surface area contributed by atoms with Crippen LogP contribution in [0.15, 0.2) is 0 Å². The minimum absolute atomic E-state index is 0.116. The molecule has 0 aromatic rings. The van der Waals surface area contributed by atoms with Crippen molar-refractivity contribution in [2.45, 2.75) is 52.5 Å². The molecule has 2 unspecified atom stereocenters. The molecule has 0 saturated carbocycles. The van der Waals surface area contributed by atoms with Crippen molar-refractivity contribution in [3.63, 3.8) is 0 Å². The average molecular weight is 270 g/mol. The van der Waals surface area contributed by atoms with Gasteiger partial charge < -0.3 is 14.9 Å². The molecule has 1 N–H and O–H groups in total. The first kappa shape index (κ1) is 15.8. The van der Waals surface area contributed by atoms with Crippen molar-refractivity contribution in [2.24, 2.45) is 5.92 Å². The van der Waals surface area contributed by atoms with Crippen LogP contribution in [0.4, 0.5) is 4.79 Å². The van der Waals surface area contributed by atoms with E-state index >= 15 is 0 Å². The van der Waals surface area contributed by atoms with Gasteiger partial charge in [-0.3, -0.25) is 0 Å². The monoisotopic (exact) mass is 270 g/mol. The SMILES string of the molecule is CCC(C)CN(CC)C(=O)N1CCCCC1C(=O)O. The van der Waals surface area contributed by atoms with Gasteiger partial charge in [0.05, 0.1) is 0 Å². The van der Waals surface area contributed by atoms with Crippen LogP contribution in [0.5, 0.6) is 0 Å². The smallest absolute Gasteiger partial charge is 0.326 e. The van der Waals surface area contributed by atoms with Gasteiger partial charge in [-0.15, -0.1) is 0 Å². The van der Waals surface area contributed by atoms with Gasteiger partial charge in [0.1, 0.15) is 6.04 Å². The maximum atomic E-state index is 12.5. The van der Waals surface area contributed by atoms with Crippen LogP contribution in [0.1, 0.15) is 46.5 Å². The van der Waals surface area contributed by atoms with Crippen molar-refractivity contribution in [3.8, 4) is 0 Å². The normalized spacial score (nSPS) is 21.0. The average Bonchev–Trinajstić information content (AvgIpc) is 2.43. The second-order valence-electron chi connectivity index (χ2n) is 5.38. The van der Waals surface area contributed by atoms with Gasteiger partial charge in [-0.05, 0) is 32.1 Å². The molecular weight excluding hydrogens is 244 g/mol. The summed E-state index contributed by atoms with van der Waals surface area (Å²) in [7, 11) is 0. The number of hydrogen-bond acceptors (Lipinski definition) is 2. The van der Waals surface area contributed by atoms with Gasteiger partial charge in [0, 0.05) is 19.6 Å². The zero-order valence-corrected chi connectivity index (χ0v) is 12.3. The molecule has 1 rings (SSSR count). The quantitative estimate of drug-likeness (QED) is 0.834. The number of piperidine rings is 1. The van der Waals surface area contributed by atoms with Gasteiger partial charge in [-0.25, -0.2) is 9.59 Å². The van der Waals surface area contributed by atoms with E-state index in [0.29, 0.717) is 32.0 Å². The number of likely N-dealkylation sites (tertiary alicyclic amines) is 1. The Hall–Kier alpha value is -1.26. The van der Waals surface area contributed by atoms with Gasteiger partial charge in [0.15, 0.2) is 0 Å². The van der Waals surface area contributed by atoms with E-state index in [1.807, 2.05) is 6.92 Å². The van der Waals surface area contributed by atoms with Crippen LogP contribution in [-0.4, -0.2) is 52.6 Å². The highest BCUT2D eigenvalue weighted by Gasteiger charge is 2.34. The van der Waals surface area contributed by atoms with Crippen molar-refractivity contribution in [2.75, 3.05) is 19.6 Å². The summed E-state index contributed by atoms with van der Waals surface area (Å²) in [5, 5.41) is 9.23. The summed E-state index contributed by atoms with van der Waals surface area (Å²) in [6, 6.07) is -0.762. The third-order valence-corrected chi connectivity index (χ3v) is 3.91. The van der Waals surface area contributed by atoms with E-state index in [1.165, 1.54) is 4.90 Å². The zero-order chi connectivity index (χ0) is 14.4. The standard InChI is InChI=1S/C14H26N2O3/c1-4-11(3)10-15(5-2)14(19)16-9-7-6-8-12(16)13(17)18/h11-12H,4-10H2,1-3H3,(H,17,18). The van der Waals surface area contributed by atoms with Crippen LogP contribution in [0.25, 0.3) is 0 Å². The van der Waals surface area contributed by atoms with E-state index in [2.05, 4.69) is 13.8 Å². The lowest BCUT2D eigenvalue weighted by Crippen LogP contribution is -2.53. The Morgan fingerprint density at radius 1 is 1.37 bits per heavy atom. The summed E-state index contributed by atoms with van der Waals surface area (Å²) >= 11 is 0. The van der Waals surface area contributed by atoms with Crippen molar-refractivity contribution in [3.05, 3.63) is 0 Å². The molecule has 0 aromatic heterocycles. The lowest BCUT2D eigenvalue weighted by Gasteiger charge is -2.37. The Balaban J connectivity index is 2.73. The molecule has 2 atom stereocenters. The first-order valence-electron chi connectivity index (χ1n) is 7.29. The van der Waals surface area contributed by atoms with Crippen molar-refractivity contribution in [1.29, 1.82) is 0 Å². The number of carbonyl (C=O) groups excluding carboxylic acids is 1. The van der Waals surface area contributed by atoms with Crippen molar-refractivity contribution >= 4 is 12.0 Å². The lowest BCUT2D eigenvalue weighted by molar-refractivity contribution is -0.143. The Morgan fingerprint density at radius 2 is 2.05 bits per heavy atom. The number of carboxylic acids is 1. The van der Waals surface area contributed by atoms with Crippen LogP contribution in [0.2, 0.25) is 0 Å². The van der Waals surface area contributed by atoms with E-state index in [-0.39, 0.29) is 6.03 Å². The second-order valence-corrected chi connectivity index (χ2v) is 5.38. The lowest BCUT2D eigenvalue weighted by atomic mass is 10.0. The topological polar surface area (TPSA) is 60.9 Å². The highest BCUT2D eigenvalue weighted by Crippen LogP contribution is 2.19. The number of aliphatic carboxylic acids is 1. The molecule has 0 aliphatic carbocycles. The summed E-state index contributed by atoms with van der Waals surface area (Å²) in [5.41, 5.74) is 0. The molecule has 1 heterocycles. The number of carbonyl (C=O) groups is 2. The summed E-state index contributed by atoms with van der Waals surface area (Å²) in [6.45, 7) is 8.05. The zero-order valence-electron chi connectivity index (χ0n) is 12.3. The molecule has 0 spiro atoms. The first-order valence-corrected chi connectivity index (χ1v) is 7.29. The number of carboxylic acid groups (broad SMARTS) is 1. The number of amides is 2. The Labute approximate surface area is 115 Å². The van der Waals surface area contributed by atoms with Gasteiger partial charge in [-0.1, -0.05) is 20.3 Å². The van der Waals surface area contributed by atoms with Crippen LogP contribution >= 0.6 is 0 Å². The molecule has 0 aromatic carbocycles. The number of nitrogens with zero attached hydrogens (tertiary/aromatic N) is 2. The third-order valence-electron chi connectivity index (χ3n) is 3.91. The van der Waals surface area contributed by atoms with Crippen LogP contribution < -0.4 is 0 Å². The molecule has 110 valence electrons. The largest absolute Gasteiger partial charge is 0.480 e. The van der Waals surface area contributed by atoms with E-state index in [9.17, 15) is 14.7 Å². The highest BCUT2D eigenvalue weighted by atomic mass is 16.4. The fourth-order valence-electron chi connectivity index (χ4n) is 2.45. The van der Waals surface area contributed by atoms with Crippen molar-refractivity contribution in [1.82, 2.24) is 9.80 Å². The second kappa shape index (κ2) is 7.36. The van der Waals surface area contributed by atoms with Crippen LogP contribution in [0, 0.1) is 5.92 Å². The number of rotatable bonds is 5. The van der Waals surface area contributed by atoms with Gasteiger partial charge in [-0.2, -0.15) is 0 Å². The first-order chi connectivity index (χ1) is 9.01. The minimum atomic E-state index is -0.882. The summed E-state index contributed by atoms with van der Waals surface area (Å²) in [4.78, 5) is 27.0. The molecule has 0 radical (unpaired) electrons. The van der Waals surface area contributed by atoms with E-state index in [1.54, 1.807) is 4.90 Å². The molecule has 2 amide bonds. The summed E-state index contributed by atoms with van der Waals surface area (Å²) < 4.78 is 0. The molecule has 0 bridgehead atoms. The number of urea groups is 1. The molecular formula is C14H26N2O3. The Bertz CT molecular complexity index is 320. The Morgan fingerprint density at radius 3 is 2.58 bits per heavy atom. The fourth-order valence-corrected chi connectivity index (χ4v) is 2.45. The molecule has 1 aliphatic rings. The highest BCUT2D eigenvalue weighted by molar-refractivity contribution is 5.83.